The molecule has 0 fully saturated rings. The molecule has 0 spiro atoms. The monoisotopic (exact) mass is 319 g/mol. The second kappa shape index (κ2) is 6.22. The molecule has 0 saturated heterocycles. The molecule has 2 aromatic rings. The highest BCUT2D eigenvalue weighted by Crippen LogP contribution is 2.27. The molecule has 0 aromatic heterocycles. The number of hydrogen-bond donors (Lipinski definition) is 1. The van der Waals surface area contributed by atoms with E-state index in [1.807, 2.05) is 19.2 Å². The number of ether oxygens (including phenoxy) is 1. The summed E-state index contributed by atoms with van der Waals surface area (Å²) in [5.74, 6) is 0.881. The first kappa shape index (κ1) is 14.1. The van der Waals surface area contributed by atoms with Crippen molar-refractivity contribution in [1.29, 1.82) is 0 Å². The molecule has 19 heavy (non-hydrogen) atoms. The molecular weight excluding hydrogens is 302 g/mol. The van der Waals surface area contributed by atoms with Gasteiger partial charge < -0.3 is 10.1 Å². The summed E-state index contributed by atoms with van der Waals surface area (Å²) >= 11 is 3.51. The summed E-state index contributed by atoms with van der Waals surface area (Å²) in [7, 11) is 3.67. The summed E-state index contributed by atoms with van der Waals surface area (Å²) in [6.07, 6.45) is 0. The maximum Gasteiger partial charge on any atom is 0.118 e. The second-order valence-electron chi connectivity index (χ2n) is 4.50. The van der Waals surface area contributed by atoms with Crippen LogP contribution in [0, 0.1) is 6.92 Å². The zero-order valence-electron chi connectivity index (χ0n) is 11.4. The molecule has 0 aliphatic carbocycles. The molecule has 0 aliphatic heterocycles. The third kappa shape index (κ3) is 3.17. The van der Waals surface area contributed by atoms with Gasteiger partial charge in [0.1, 0.15) is 5.75 Å². The summed E-state index contributed by atoms with van der Waals surface area (Å²) in [6.45, 7) is 2.13. The van der Waals surface area contributed by atoms with Crippen LogP contribution in [0.3, 0.4) is 0 Å². The Morgan fingerprint density at radius 1 is 1.11 bits per heavy atom. The number of benzene rings is 2. The number of aryl methyl sites for hydroxylation is 1. The Morgan fingerprint density at radius 2 is 1.79 bits per heavy atom. The van der Waals surface area contributed by atoms with Crippen LogP contribution in [0.1, 0.15) is 22.7 Å². The minimum Gasteiger partial charge on any atom is -0.497 e. The predicted molar refractivity (Wildman–Crippen MR) is 82.8 cm³/mol. The van der Waals surface area contributed by atoms with Gasteiger partial charge in [0.15, 0.2) is 0 Å². The highest BCUT2D eigenvalue weighted by molar-refractivity contribution is 9.10. The molecule has 100 valence electrons. The van der Waals surface area contributed by atoms with Crippen LogP contribution in [-0.2, 0) is 0 Å². The van der Waals surface area contributed by atoms with Gasteiger partial charge >= 0.3 is 0 Å². The summed E-state index contributed by atoms with van der Waals surface area (Å²) in [6, 6.07) is 14.8. The van der Waals surface area contributed by atoms with Crippen molar-refractivity contribution in [1.82, 2.24) is 5.32 Å². The maximum atomic E-state index is 5.20. The van der Waals surface area contributed by atoms with Crippen LogP contribution in [0.15, 0.2) is 46.9 Å². The molecular formula is C16H18BrNO. The van der Waals surface area contributed by atoms with Crippen molar-refractivity contribution in [3.05, 3.63) is 63.6 Å². The number of rotatable bonds is 4. The minimum atomic E-state index is 0.194. The average Bonchev–Trinajstić information content (AvgIpc) is 2.42. The SMILES string of the molecule is CNC(c1ccc(OC)cc1)c1ccc(Br)cc1C. The Hall–Kier alpha value is -1.32. The van der Waals surface area contributed by atoms with E-state index in [0.717, 1.165) is 10.2 Å². The lowest BCUT2D eigenvalue weighted by Gasteiger charge is -2.20. The van der Waals surface area contributed by atoms with Crippen molar-refractivity contribution in [2.45, 2.75) is 13.0 Å². The standard InChI is InChI=1S/C16H18BrNO/c1-11-10-13(17)6-9-15(11)16(18-2)12-4-7-14(19-3)8-5-12/h4-10,16,18H,1-3H3. The van der Waals surface area contributed by atoms with Gasteiger partial charge in [-0.05, 0) is 54.9 Å². The van der Waals surface area contributed by atoms with Crippen molar-refractivity contribution in [2.75, 3.05) is 14.2 Å². The van der Waals surface area contributed by atoms with Gasteiger partial charge in [0.2, 0.25) is 0 Å². The van der Waals surface area contributed by atoms with Gasteiger partial charge in [-0.25, -0.2) is 0 Å². The smallest absolute Gasteiger partial charge is 0.118 e. The Morgan fingerprint density at radius 3 is 2.32 bits per heavy atom. The quantitative estimate of drug-likeness (QED) is 0.917. The van der Waals surface area contributed by atoms with Crippen LogP contribution in [0.2, 0.25) is 0 Å². The fourth-order valence-corrected chi connectivity index (χ4v) is 2.74. The number of nitrogens with one attached hydrogen (secondary N) is 1. The van der Waals surface area contributed by atoms with Crippen LogP contribution >= 0.6 is 15.9 Å². The number of halogens is 1. The number of hydrogen-bond acceptors (Lipinski definition) is 2. The lowest BCUT2D eigenvalue weighted by molar-refractivity contribution is 0.414. The van der Waals surface area contributed by atoms with Gasteiger partial charge in [0.25, 0.3) is 0 Å². The predicted octanol–water partition coefficient (Wildman–Crippen LogP) is 4.07. The van der Waals surface area contributed by atoms with Crippen molar-refractivity contribution in [3.63, 3.8) is 0 Å². The lowest BCUT2D eigenvalue weighted by Crippen LogP contribution is -2.18. The van der Waals surface area contributed by atoms with Crippen LogP contribution < -0.4 is 10.1 Å². The fraction of sp³-hybridized carbons (Fsp3) is 0.250. The van der Waals surface area contributed by atoms with Gasteiger partial charge in [0, 0.05) is 4.47 Å². The van der Waals surface area contributed by atoms with Crippen molar-refractivity contribution >= 4 is 15.9 Å². The molecule has 0 amide bonds. The normalized spacial score (nSPS) is 12.2. The van der Waals surface area contributed by atoms with Crippen LogP contribution in [0.4, 0.5) is 0 Å². The average molecular weight is 320 g/mol. The molecule has 2 aromatic carbocycles. The third-order valence-electron chi connectivity index (χ3n) is 3.28. The van der Waals surface area contributed by atoms with Crippen molar-refractivity contribution < 1.29 is 4.74 Å². The molecule has 0 bridgehead atoms. The van der Waals surface area contributed by atoms with Gasteiger partial charge in [-0.3, -0.25) is 0 Å². The third-order valence-corrected chi connectivity index (χ3v) is 3.77. The van der Waals surface area contributed by atoms with E-state index in [2.05, 4.69) is 58.5 Å². The van der Waals surface area contributed by atoms with E-state index < -0.39 is 0 Å². The van der Waals surface area contributed by atoms with E-state index in [4.69, 9.17) is 4.74 Å². The Kier molecular flexibility index (Phi) is 4.61. The first-order valence-corrected chi connectivity index (χ1v) is 7.02. The van der Waals surface area contributed by atoms with E-state index in [1.54, 1.807) is 7.11 Å². The Labute approximate surface area is 122 Å². The van der Waals surface area contributed by atoms with E-state index in [1.165, 1.54) is 16.7 Å². The van der Waals surface area contributed by atoms with Gasteiger partial charge in [-0.15, -0.1) is 0 Å². The first-order valence-electron chi connectivity index (χ1n) is 6.23. The van der Waals surface area contributed by atoms with Crippen molar-refractivity contribution in [3.8, 4) is 5.75 Å². The highest BCUT2D eigenvalue weighted by atomic mass is 79.9. The summed E-state index contributed by atoms with van der Waals surface area (Å²) in [4.78, 5) is 0. The molecule has 1 unspecified atom stereocenters. The summed E-state index contributed by atoms with van der Waals surface area (Å²) in [5, 5.41) is 3.38. The lowest BCUT2D eigenvalue weighted by atomic mass is 9.95. The van der Waals surface area contributed by atoms with Gasteiger partial charge in [-0.2, -0.15) is 0 Å². The van der Waals surface area contributed by atoms with E-state index in [9.17, 15) is 0 Å². The fourth-order valence-electron chi connectivity index (χ4n) is 2.26. The van der Waals surface area contributed by atoms with E-state index in [-0.39, 0.29) is 6.04 Å². The summed E-state index contributed by atoms with van der Waals surface area (Å²) < 4.78 is 6.31. The number of methoxy groups -OCH3 is 1. The molecule has 0 saturated carbocycles. The van der Waals surface area contributed by atoms with Crippen LogP contribution in [0.25, 0.3) is 0 Å². The largest absolute Gasteiger partial charge is 0.497 e. The second-order valence-corrected chi connectivity index (χ2v) is 5.41. The molecule has 0 radical (unpaired) electrons. The Balaban J connectivity index is 2.37. The first-order chi connectivity index (χ1) is 9.15. The van der Waals surface area contributed by atoms with Crippen LogP contribution in [-0.4, -0.2) is 14.2 Å². The van der Waals surface area contributed by atoms with Crippen molar-refractivity contribution in [2.24, 2.45) is 0 Å². The zero-order chi connectivity index (χ0) is 13.8. The molecule has 1 N–H and O–H groups in total. The molecule has 0 heterocycles. The molecule has 0 aliphatic rings. The van der Waals surface area contributed by atoms with Crippen LogP contribution in [0.5, 0.6) is 5.75 Å². The van der Waals surface area contributed by atoms with Gasteiger partial charge in [-0.1, -0.05) is 34.1 Å². The van der Waals surface area contributed by atoms with E-state index in [0.29, 0.717) is 0 Å². The molecule has 2 rings (SSSR count). The molecule has 2 nitrogen and oxygen atoms in total. The zero-order valence-corrected chi connectivity index (χ0v) is 13.0. The molecule has 1 atom stereocenters. The molecule has 3 heteroatoms. The highest BCUT2D eigenvalue weighted by Gasteiger charge is 2.14. The Bertz CT molecular complexity index is 551. The van der Waals surface area contributed by atoms with E-state index >= 15 is 0 Å². The topological polar surface area (TPSA) is 21.3 Å². The van der Waals surface area contributed by atoms with Gasteiger partial charge in [0.05, 0.1) is 13.2 Å². The summed E-state index contributed by atoms with van der Waals surface area (Å²) in [5.41, 5.74) is 3.79. The maximum absolute atomic E-state index is 5.20. The minimum absolute atomic E-state index is 0.194.